The maximum absolute atomic E-state index is 11.9. The van der Waals surface area contributed by atoms with Gasteiger partial charge in [-0.3, -0.25) is 4.79 Å². The summed E-state index contributed by atoms with van der Waals surface area (Å²) in [4.78, 5) is 11.9. The predicted octanol–water partition coefficient (Wildman–Crippen LogP) is 3.24. The maximum atomic E-state index is 11.9. The molecule has 1 aromatic rings. The van der Waals surface area contributed by atoms with Crippen molar-refractivity contribution in [1.29, 1.82) is 0 Å². The van der Waals surface area contributed by atoms with Gasteiger partial charge in [-0.1, -0.05) is 25.5 Å². The molecule has 2 rings (SSSR count). The number of carbonyl (C=O) groups excluding carboxylic acids is 1. The summed E-state index contributed by atoms with van der Waals surface area (Å²) in [5.41, 5.74) is 4.69. The summed E-state index contributed by atoms with van der Waals surface area (Å²) in [5, 5.41) is 0. The number of aryl methyl sites for hydroxylation is 2. The van der Waals surface area contributed by atoms with Crippen molar-refractivity contribution in [2.45, 2.75) is 33.6 Å². The Hall–Kier alpha value is -1.11. The number of fused-ring (bicyclic) bond motifs is 1. The minimum Gasteiger partial charge on any atom is -0.294 e. The lowest BCUT2D eigenvalue weighted by atomic mass is 9.93. The number of hydrogen-bond acceptors (Lipinski definition) is 1. The monoisotopic (exact) mass is 188 g/mol. The molecular weight excluding hydrogens is 172 g/mol. The highest BCUT2D eigenvalue weighted by Gasteiger charge is 2.34. The van der Waals surface area contributed by atoms with Gasteiger partial charge < -0.3 is 0 Å². The average Bonchev–Trinajstić information content (AvgIpc) is 2.31. The van der Waals surface area contributed by atoms with Gasteiger partial charge in [0, 0.05) is 11.5 Å². The van der Waals surface area contributed by atoms with Crippen LogP contribution in [0.5, 0.6) is 0 Å². The Kier molecular flexibility index (Phi) is 1.99. The Morgan fingerprint density at radius 3 is 2.36 bits per heavy atom. The molecule has 14 heavy (non-hydrogen) atoms. The van der Waals surface area contributed by atoms with Crippen molar-refractivity contribution in [3.05, 3.63) is 34.4 Å². The summed E-state index contributed by atoms with van der Waals surface area (Å²) in [6, 6.07) is 4.20. The summed E-state index contributed by atoms with van der Waals surface area (Å²) in [6.07, 6.45) is 0. The fourth-order valence-electron chi connectivity index (χ4n) is 2.51. The SMILES string of the molecule is Cc1cc(C)c2c(c1)C(=O)C(C)C2C. The van der Waals surface area contributed by atoms with E-state index in [9.17, 15) is 4.79 Å². The Morgan fingerprint density at radius 1 is 1.07 bits per heavy atom. The van der Waals surface area contributed by atoms with Crippen LogP contribution in [0, 0.1) is 19.8 Å². The second-order valence-electron chi connectivity index (χ2n) is 4.48. The first-order chi connectivity index (χ1) is 6.52. The molecule has 74 valence electrons. The molecule has 2 unspecified atom stereocenters. The van der Waals surface area contributed by atoms with Crippen LogP contribution in [0.3, 0.4) is 0 Å². The molecule has 0 amide bonds. The highest BCUT2D eigenvalue weighted by atomic mass is 16.1. The van der Waals surface area contributed by atoms with E-state index in [1.54, 1.807) is 0 Å². The second kappa shape index (κ2) is 2.94. The summed E-state index contributed by atoms with van der Waals surface area (Å²) in [7, 11) is 0. The topological polar surface area (TPSA) is 17.1 Å². The van der Waals surface area contributed by atoms with Crippen LogP contribution in [0.25, 0.3) is 0 Å². The minimum absolute atomic E-state index is 0.158. The maximum Gasteiger partial charge on any atom is 0.166 e. The lowest BCUT2D eigenvalue weighted by Gasteiger charge is -2.11. The van der Waals surface area contributed by atoms with Gasteiger partial charge in [0.15, 0.2) is 5.78 Å². The van der Waals surface area contributed by atoms with Crippen molar-refractivity contribution in [3.8, 4) is 0 Å². The molecule has 0 aromatic heterocycles. The van der Waals surface area contributed by atoms with Gasteiger partial charge in [0.2, 0.25) is 0 Å². The summed E-state index contributed by atoms with van der Waals surface area (Å²) in [6.45, 7) is 8.33. The van der Waals surface area contributed by atoms with E-state index in [0.717, 1.165) is 5.56 Å². The number of benzene rings is 1. The predicted molar refractivity (Wildman–Crippen MR) is 57.8 cm³/mol. The number of Topliss-reactive ketones (excluding diaryl/α,β-unsaturated/α-hetero) is 1. The van der Waals surface area contributed by atoms with Gasteiger partial charge in [-0.05, 0) is 37.0 Å². The van der Waals surface area contributed by atoms with Gasteiger partial charge in [0.05, 0.1) is 0 Å². The quantitative estimate of drug-likeness (QED) is 0.611. The molecule has 1 nitrogen and oxygen atoms in total. The van der Waals surface area contributed by atoms with E-state index in [1.807, 2.05) is 19.9 Å². The van der Waals surface area contributed by atoms with E-state index in [-0.39, 0.29) is 5.92 Å². The van der Waals surface area contributed by atoms with E-state index in [2.05, 4.69) is 19.9 Å². The number of rotatable bonds is 0. The van der Waals surface area contributed by atoms with E-state index in [4.69, 9.17) is 0 Å². The molecule has 1 heteroatoms. The smallest absolute Gasteiger partial charge is 0.166 e. The lowest BCUT2D eigenvalue weighted by Crippen LogP contribution is -2.06. The normalized spacial score (nSPS) is 25.3. The van der Waals surface area contributed by atoms with E-state index >= 15 is 0 Å². The van der Waals surface area contributed by atoms with Gasteiger partial charge in [0.25, 0.3) is 0 Å². The van der Waals surface area contributed by atoms with E-state index in [0.29, 0.717) is 11.7 Å². The summed E-state index contributed by atoms with van der Waals surface area (Å²) in [5.74, 6) is 0.864. The minimum atomic E-state index is 0.158. The Bertz CT molecular complexity index is 404. The molecule has 0 spiro atoms. The molecule has 0 fully saturated rings. The molecule has 1 aliphatic rings. The van der Waals surface area contributed by atoms with Crippen LogP contribution in [0.4, 0.5) is 0 Å². The molecule has 1 aromatic carbocycles. The van der Waals surface area contributed by atoms with Crippen LogP contribution >= 0.6 is 0 Å². The zero-order chi connectivity index (χ0) is 10.5. The van der Waals surface area contributed by atoms with Crippen molar-refractivity contribution in [1.82, 2.24) is 0 Å². The molecular formula is C13H16O. The van der Waals surface area contributed by atoms with Crippen molar-refractivity contribution in [2.75, 3.05) is 0 Å². The molecule has 0 N–H and O–H groups in total. The van der Waals surface area contributed by atoms with Crippen LogP contribution in [0.1, 0.15) is 46.8 Å². The molecule has 0 saturated carbocycles. The van der Waals surface area contributed by atoms with Crippen LogP contribution < -0.4 is 0 Å². The first kappa shape index (κ1) is 9.45. The molecule has 0 radical (unpaired) electrons. The number of hydrogen-bond donors (Lipinski definition) is 0. The third kappa shape index (κ3) is 1.12. The first-order valence-electron chi connectivity index (χ1n) is 5.17. The molecule has 0 heterocycles. The summed E-state index contributed by atoms with van der Waals surface area (Å²) >= 11 is 0. The highest BCUT2D eigenvalue weighted by Crippen LogP contribution is 2.39. The summed E-state index contributed by atoms with van der Waals surface area (Å²) < 4.78 is 0. The highest BCUT2D eigenvalue weighted by molar-refractivity contribution is 6.03. The molecule has 2 atom stereocenters. The standard InChI is InChI=1S/C13H16O/c1-7-5-8(2)12-9(3)10(4)13(14)11(12)6-7/h5-6,9-10H,1-4H3. The fraction of sp³-hybridized carbons (Fsp3) is 0.462. The zero-order valence-corrected chi connectivity index (χ0v) is 9.22. The Morgan fingerprint density at radius 2 is 1.71 bits per heavy atom. The Labute approximate surface area is 85.1 Å². The largest absolute Gasteiger partial charge is 0.294 e. The average molecular weight is 188 g/mol. The molecule has 0 saturated heterocycles. The fourth-order valence-corrected chi connectivity index (χ4v) is 2.51. The number of ketones is 1. The van der Waals surface area contributed by atoms with Gasteiger partial charge in [0.1, 0.15) is 0 Å². The van der Waals surface area contributed by atoms with Crippen LogP contribution in [-0.2, 0) is 0 Å². The lowest BCUT2D eigenvalue weighted by molar-refractivity contribution is 0.0936. The first-order valence-corrected chi connectivity index (χ1v) is 5.17. The third-order valence-electron chi connectivity index (χ3n) is 3.42. The Balaban J connectivity index is 2.69. The van der Waals surface area contributed by atoms with Gasteiger partial charge >= 0.3 is 0 Å². The van der Waals surface area contributed by atoms with Gasteiger partial charge in [-0.15, -0.1) is 0 Å². The third-order valence-corrected chi connectivity index (χ3v) is 3.42. The van der Waals surface area contributed by atoms with Crippen LogP contribution in [0.15, 0.2) is 12.1 Å². The van der Waals surface area contributed by atoms with Crippen molar-refractivity contribution in [2.24, 2.45) is 5.92 Å². The van der Waals surface area contributed by atoms with Gasteiger partial charge in [-0.2, -0.15) is 0 Å². The van der Waals surface area contributed by atoms with Crippen molar-refractivity contribution in [3.63, 3.8) is 0 Å². The van der Waals surface area contributed by atoms with Crippen LogP contribution in [0.2, 0.25) is 0 Å². The van der Waals surface area contributed by atoms with Crippen LogP contribution in [-0.4, -0.2) is 5.78 Å². The van der Waals surface area contributed by atoms with E-state index < -0.39 is 0 Å². The molecule has 1 aliphatic carbocycles. The second-order valence-corrected chi connectivity index (χ2v) is 4.48. The van der Waals surface area contributed by atoms with Gasteiger partial charge in [-0.25, -0.2) is 0 Å². The van der Waals surface area contributed by atoms with E-state index in [1.165, 1.54) is 16.7 Å². The molecule has 0 bridgehead atoms. The van der Waals surface area contributed by atoms with Crippen molar-refractivity contribution < 1.29 is 4.79 Å². The number of carbonyl (C=O) groups is 1. The zero-order valence-electron chi connectivity index (χ0n) is 9.22. The van der Waals surface area contributed by atoms with Crippen molar-refractivity contribution >= 4 is 5.78 Å². The molecule has 0 aliphatic heterocycles.